The van der Waals surface area contributed by atoms with E-state index in [1.54, 1.807) is 29.2 Å². The van der Waals surface area contributed by atoms with E-state index < -0.39 is 11.7 Å². The third kappa shape index (κ3) is 5.33. The molecule has 10 heteroatoms. The van der Waals surface area contributed by atoms with Crippen LogP contribution in [0.3, 0.4) is 0 Å². The van der Waals surface area contributed by atoms with Crippen LogP contribution in [0.15, 0.2) is 36.5 Å². The SMILES string of the molecule is N#CCOc1cccc(NC(=O)C2CCN(c3ncc(C(F)(F)F)cc3Cl)CC2)c1. The minimum Gasteiger partial charge on any atom is -0.479 e. The van der Waals surface area contributed by atoms with E-state index >= 15 is 0 Å². The minimum atomic E-state index is -4.50. The van der Waals surface area contributed by atoms with Crippen LogP contribution in [0.1, 0.15) is 18.4 Å². The number of carbonyl (C=O) groups is 1. The molecule has 1 aliphatic heterocycles. The van der Waals surface area contributed by atoms with E-state index in [2.05, 4.69) is 10.3 Å². The van der Waals surface area contributed by atoms with E-state index in [0.717, 1.165) is 12.3 Å². The second-order valence-corrected chi connectivity index (χ2v) is 7.16. The molecule has 0 bridgehead atoms. The summed E-state index contributed by atoms with van der Waals surface area (Å²) in [6.45, 7) is 0.805. The maximum atomic E-state index is 12.8. The lowest BCUT2D eigenvalue weighted by Gasteiger charge is -2.32. The van der Waals surface area contributed by atoms with Crippen LogP contribution >= 0.6 is 11.6 Å². The van der Waals surface area contributed by atoms with Gasteiger partial charge in [0.05, 0.1) is 10.6 Å². The largest absolute Gasteiger partial charge is 0.479 e. The summed E-state index contributed by atoms with van der Waals surface area (Å²) in [5, 5.41) is 11.3. The summed E-state index contributed by atoms with van der Waals surface area (Å²) in [5.74, 6) is 0.356. The average molecular weight is 439 g/mol. The lowest BCUT2D eigenvalue weighted by atomic mass is 9.95. The Morgan fingerprint density at radius 3 is 2.70 bits per heavy atom. The summed E-state index contributed by atoms with van der Waals surface area (Å²) in [6, 6.07) is 9.49. The molecule has 1 aromatic carbocycles. The van der Waals surface area contributed by atoms with E-state index in [1.807, 2.05) is 6.07 Å². The van der Waals surface area contributed by atoms with Crippen LogP contribution in [0.5, 0.6) is 5.75 Å². The molecule has 3 rings (SSSR count). The molecule has 1 N–H and O–H groups in total. The number of hydrogen-bond acceptors (Lipinski definition) is 5. The standard InChI is InChI=1S/C20H18ClF3N4O2/c21-17-10-14(20(22,23)24)12-26-18(17)28-7-4-13(5-8-28)19(29)27-15-2-1-3-16(11-15)30-9-6-25/h1-3,10-13H,4-5,7-9H2,(H,27,29). The Morgan fingerprint density at radius 2 is 2.07 bits per heavy atom. The maximum absolute atomic E-state index is 12.8. The molecule has 1 aliphatic rings. The van der Waals surface area contributed by atoms with Gasteiger partial charge in [0.25, 0.3) is 0 Å². The normalized spacial score (nSPS) is 14.8. The highest BCUT2D eigenvalue weighted by molar-refractivity contribution is 6.33. The average Bonchev–Trinajstić information content (AvgIpc) is 2.72. The number of aromatic nitrogens is 1. The summed E-state index contributed by atoms with van der Waals surface area (Å²) in [4.78, 5) is 18.2. The second kappa shape index (κ2) is 9.22. The molecular formula is C20H18ClF3N4O2. The molecule has 1 aromatic heterocycles. The van der Waals surface area contributed by atoms with Crippen LogP contribution < -0.4 is 15.0 Å². The van der Waals surface area contributed by atoms with Gasteiger partial charge >= 0.3 is 6.18 Å². The van der Waals surface area contributed by atoms with Gasteiger partial charge in [-0.25, -0.2) is 4.98 Å². The van der Waals surface area contributed by atoms with E-state index in [9.17, 15) is 18.0 Å². The van der Waals surface area contributed by atoms with Crippen molar-refractivity contribution < 1.29 is 22.7 Å². The first kappa shape index (κ1) is 21.7. The van der Waals surface area contributed by atoms with Gasteiger partial charge in [0.15, 0.2) is 6.61 Å². The number of nitrogens with zero attached hydrogens (tertiary/aromatic N) is 3. The van der Waals surface area contributed by atoms with Gasteiger partial charge in [-0.05, 0) is 31.0 Å². The van der Waals surface area contributed by atoms with Crippen molar-refractivity contribution in [3.05, 3.63) is 47.1 Å². The van der Waals surface area contributed by atoms with E-state index in [0.29, 0.717) is 37.4 Å². The van der Waals surface area contributed by atoms with Crippen LogP contribution in [0, 0.1) is 17.2 Å². The quantitative estimate of drug-likeness (QED) is 0.743. The highest BCUT2D eigenvalue weighted by Crippen LogP contribution is 2.34. The molecule has 0 radical (unpaired) electrons. The number of halogens is 4. The number of alkyl halides is 3. The number of amides is 1. The van der Waals surface area contributed by atoms with Crippen molar-refractivity contribution >= 4 is 29.0 Å². The van der Waals surface area contributed by atoms with Crippen molar-refractivity contribution in [3.63, 3.8) is 0 Å². The Hall–Kier alpha value is -2.99. The Morgan fingerprint density at radius 1 is 1.33 bits per heavy atom. The van der Waals surface area contributed by atoms with E-state index in [-0.39, 0.29) is 29.3 Å². The number of nitrogens with one attached hydrogen (secondary N) is 1. The summed E-state index contributed by atoms with van der Waals surface area (Å²) in [6.07, 6.45) is -2.72. The molecule has 0 atom stereocenters. The molecule has 158 valence electrons. The number of nitriles is 1. The van der Waals surface area contributed by atoms with Gasteiger partial charge < -0.3 is 15.0 Å². The first-order valence-corrected chi connectivity index (χ1v) is 9.54. The number of piperidine rings is 1. The van der Waals surface area contributed by atoms with Gasteiger partial charge in [-0.15, -0.1) is 0 Å². The van der Waals surface area contributed by atoms with Crippen molar-refractivity contribution in [2.24, 2.45) is 5.92 Å². The Labute approximate surface area is 176 Å². The molecule has 2 heterocycles. The van der Waals surface area contributed by atoms with Crippen LogP contribution in [0.25, 0.3) is 0 Å². The number of pyridine rings is 1. The fraction of sp³-hybridized carbons (Fsp3) is 0.350. The molecular weight excluding hydrogens is 421 g/mol. The lowest BCUT2D eigenvalue weighted by Crippen LogP contribution is -2.38. The predicted molar refractivity (Wildman–Crippen MR) is 105 cm³/mol. The molecule has 0 spiro atoms. The zero-order valence-electron chi connectivity index (χ0n) is 15.7. The van der Waals surface area contributed by atoms with Gasteiger partial charge in [0, 0.05) is 37.0 Å². The van der Waals surface area contributed by atoms with Crippen molar-refractivity contribution in [3.8, 4) is 11.8 Å². The molecule has 1 amide bonds. The second-order valence-electron chi connectivity index (χ2n) is 6.75. The first-order valence-electron chi connectivity index (χ1n) is 9.16. The minimum absolute atomic E-state index is 0.0677. The van der Waals surface area contributed by atoms with Crippen LogP contribution in [-0.2, 0) is 11.0 Å². The Bertz CT molecular complexity index is 954. The van der Waals surface area contributed by atoms with Crippen LogP contribution in [0.4, 0.5) is 24.7 Å². The lowest BCUT2D eigenvalue weighted by molar-refractivity contribution is -0.137. The molecule has 2 aromatic rings. The zero-order chi connectivity index (χ0) is 21.7. The molecule has 0 saturated carbocycles. The highest BCUT2D eigenvalue weighted by atomic mass is 35.5. The number of rotatable bonds is 5. The molecule has 1 fully saturated rings. The molecule has 0 unspecified atom stereocenters. The van der Waals surface area contributed by atoms with Gasteiger partial charge in [-0.2, -0.15) is 18.4 Å². The first-order chi connectivity index (χ1) is 14.3. The number of hydrogen-bond donors (Lipinski definition) is 1. The van der Waals surface area contributed by atoms with Crippen molar-refractivity contribution in [1.29, 1.82) is 5.26 Å². The third-order valence-corrected chi connectivity index (χ3v) is 5.00. The molecule has 6 nitrogen and oxygen atoms in total. The number of anilines is 2. The Kier molecular flexibility index (Phi) is 6.67. The predicted octanol–water partition coefficient (Wildman–Crippen LogP) is 4.51. The molecule has 0 aliphatic carbocycles. The van der Waals surface area contributed by atoms with Gasteiger partial charge in [0.2, 0.25) is 5.91 Å². The van der Waals surface area contributed by atoms with Crippen molar-refractivity contribution in [2.45, 2.75) is 19.0 Å². The number of ether oxygens (including phenoxy) is 1. The number of carbonyl (C=O) groups excluding carboxylic acids is 1. The Balaban J connectivity index is 1.58. The van der Waals surface area contributed by atoms with E-state index in [4.69, 9.17) is 21.6 Å². The van der Waals surface area contributed by atoms with Gasteiger partial charge in [-0.1, -0.05) is 17.7 Å². The summed E-state index contributed by atoms with van der Waals surface area (Å²) >= 11 is 6.01. The number of benzene rings is 1. The summed E-state index contributed by atoms with van der Waals surface area (Å²) < 4.78 is 43.5. The van der Waals surface area contributed by atoms with E-state index in [1.165, 1.54) is 0 Å². The highest BCUT2D eigenvalue weighted by Gasteiger charge is 2.33. The van der Waals surface area contributed by atoms with Gasteiger partial charge in [0.1, 0.15) is 17.6 Å². The third-order valence-electron chi connectivity index (χ3n) is 4.72. The van der Waals surface area contributed by atoms with Crippen LogP contribution in [-0.4, -0.2) is 30.6 Å². The smallest absolute Gasteiger partial charge is 0.417 e. The van der Waals surface area contributed by atoms with Crippen molar-refractivity contribution in [2.75, 3.05) is 29.9 Å². The summed E-state index contributed by atoms with van der Waals surface area (Å²) in [5.41, 5.74) is -0.336. The zero-order valence-corrected chi connectivity index (χ0v) is 16.5. The molecule has 1 saturated heterocycles. The fourth-order valence-corrected chi connectivity index (χ4v) is 3.48. The summed E-state index contributed by atoms with van der Waals surface area (Å²) in [7, 11) is 0. The monoisotopic (exact) mass is 438 g/mol. The van der Waals surface area contributed by atoms with Crippen LogP contribution in [0.2, 0.25) is 5.02 Å². The maximum Gasteiger partial charge on any atom is 0.417 e. The topological polar surface area (TPSA) is 78.2 Å². The van der Waals surface area contributed by atoms with Gasteiger partial charge in [-0.3, -0.25) is 4.79 Å². The fourth-order valence-electron chi connectivity index (χ4n) is 3.20. The molecule has 30 heavy (non-hydrogen) atoms. The van der Waals surface area contributed by atoms with Crippen molar-refractivity contribution in [1.82, 2.24) is 4.98 Å².